The second-order valence-electron chi connectivity index (χ2n) is 6.57. The van der Waals surface area contributed by atoms with E-state index in [1.54, 1.807) is 11.1 Å². The van der Waals surface area contributed by atoms with Crippen molar-refractivity contribution < 1.29 is 9.59 Å². The van der Waals surface area contributed by atoms with Crippen LogP contribution in [0.1, 0.15) is 28.4 Å². The van der Waals surface area contributed by atoms with Crippen LogP contribution in [0.4, 0.5) is 0 Å². The normalized spacial score (nSPS) is 22.6. The van der Waals surface area contributed by atoms with Gasteiger partial charge in [-0.25, -0.2) is 4.98 Å². The molecule has 25 heavy (non-hydrogen) atoms. The van der Waals surface area contributed by atoms with Crippen LogP contribution in [0.5, 0.6) is 0 Å². The molecule has 0 radical (unpaired) electrons. The van der Waals surface area contributed by atoms with Gasteiger partial charge >= 0.3 is 0 Å². The highest BCUT2D eigenvalue weighted by Gasteiger charge is 2.46. The maximum absolute atomic E-state index is 12.7. The summed E-state index contributed by atoms with van der Waals surface area (Å²) in [6.45, 7) is 2.26. The predicted octanol–water partition coefficient (Wildman–Crippen LogP) is 1.56. The van der Waals surface area contributed by atoms with Crippen LogP contribution >= 0.6 is 0 Å². The average Bonchev–Trinajstić information content (AvgIpc) is 3.49. The Hall–Kier alpha value is -2.76. The summed E-state index contributed by atoms with van der Waals surface area (Å²) in [5, 5.41) is 0. The van der Waals surface area contributed by atoms with Gasteiger partial charge in [0.2, 0.25) is 5.91 Å². The van der Waals surface area contributed by atoms with Gasteiger partial charge in [0, 0.05) is 44.5 Å². The van der Waals surface area contributed by atoms with Crippen molar-refractivity contribution in [3.05, 3.63) is 60.2 Å². The number of rotatable bonds is 3. The zero-order valence-corrected chi connectivity index (χ0v) is 13.9. The van der Waals surface area contributed by atoms with Crippen molar-refractivity contribution in [1.29, 1.82) is 0 Å². The van der Waals surface area contributed by atoms with Crippen molar-refractivity contribution in [2.75, 3.05) is 26.2 Å². The van der Waals surface area contributed by atoms with E-state index >= 15 is 0 Å². The number of hydrogen-bond acceptors (Lipinski definition) is 4. The molecule has 2 amide bonds. The number of piperazine rings is 1. The minimum atomic E-state index is -0.117. The molecule has 2 aromatic rings. The summed E-state index contributed by atoms with van der Waals surface area (Å²) in [7, 11) is 0. The lowest BCUT2D eigenvalue weighted by molar-refractivity contribution is -0.134. The highest BCUT2D eigenvalue weighted by Crippen LogP contribution is 2.48. The minimum absolute atomic E-state index is 0.102. The van der Waals surface area contributed by atoms with E-state index in [4.69, 9.17) is 0 Å². The smallest absolute Gasteiger partial charge is 0.274 e. The Bertz CT molecular complexity index is 758. The molecule has 1 aromatic heterocycles. The van der Waals surface area contributed by atoms with Gasteiger partial charge in [0.25, 0.3) is 5.91 Å². The largest absolute Gasteiger partial charge is 0.339 e. The fourth-order valence-corrected chi connectivity index (χ4v) is 3.47. The monoisotopic (exact) mass is 336 g/mol. The number of amides is 2. The van der Waals surface area contributed by atoms with Crippen molar-refractivity contribution in [2.45, 2.75) is 12.3 Å². The predicted molar refractivity (Wildman–Crippen MR) is 91.8 cm³/mol. The molecule has 128 valence electrons. The van der Waals surface area contributed by atoms with E-state index in [1.807, 2.05) is 23.1 Å². The summed E-state index contributed by atoms with van der Waals surface area (Å²) in [6.07, 6.45) is 5.48. The van der Waals surface area contributed by atoms with E-state index < -0.39 is 0 Å². The Kier molecular flexibility index (Phi) is 4.17. The van der Waals surface area contributed by atoms with Crippen molar-refractivity contribution >= 4 is 11.8 Å². The first-order chi connectivity index (χ1) is 12.2. The lowest BCUT2D eigenvalue weighted by atomic mass is 10.1. The molecule has 0 unspecified atom stereocenters. The molecule has 4 rings (SSSR count). The minimum Gasteiger partial charge on any atom is -0.339 e. The number of hydrogen-bond donors (Lipinski definition) is 0. The second kappa shape index (κ2) is 6.63. The van der Waals surface area contributed by atoms with Gasteiger partial charge in [-0.1, -0.05) is 30.3 Å². The standard InChI is InChI=1S/C19H20N4O2/c24-18(16-12-15(16)14-4-2-1-3-5-14)22-8-10-23(11-9-22)19(25)17-13-20-6-7-21-17/h1-7,13,15-16H,8-12H2/t15-,16-/m1/s1. The van der Waals surface area contributed by atoms with Gasteiger partial charge in [-0.05, 0) is 17.9 Å². The van der Waals surface area contributed by atoms with E-state index in [0.717, 1.165) is 6.42 Å². The second-order valence-corrected chi connectivity index (χ2v) is 6.57. The first-order valence-corrected chi connectivity index (χ1v) is 8.63. The van der Waals surface area contributed by atoms with Crippen LogP contribution in [0.3, 0.4) is 0 Å². The van der Waals surface area contributed by atoms with Gasteiger partial charge in [0.15, 0.2) is 0 Å². The fourth-order valence-electron chi connectivity index (χ4n) is 3.47. The Labute approximate surface area is 146 Å². The molecule has 1 saturated heterocycles. The number of carbonyl (C=O) groups excluding carboxylic acids is 2. The Morgan fingerprint density at radius 3 is 2.36 bits per heavy atom. The maximum Gasteiger partial charge on any atom is 0.274 e. The van der Waals surface area contributed by atoms with Crippen LogP contribution in [-0.2, 0) is 4.79 Å². The van der Waals surface area contributed by atoms with E-state index in [1.165, 1.54) is 18.0 Å². The highest BCUT2D eigenvalue weighted by molar-refractivity contribution is 5.92. The zero-order chi connectivity index (χ0) is 17.2. The summed E-state index contributed by atoms with van der Waals surface area (Å²) < 4.78 is 0. The van der Waals surface area contributed by atoms with E-state index in [0.29, 0.717) is 37.8 Å². The van der Waals surface area contributed by atoms with Gasteiger partial charge in [-0.15, -0.1) is 0 Å². The molecule has 2 heterocycles. The topological polar surface area (TPSA) is 66.4 Å². The van der Waals surface area contributed by atoms with Crippen LogP contribution < -0.4 is 0 Å². The van der Waals surface area contributed by atoms with Crippen molar-refractivity contribution in [3.63, 3.8) is 0 Å². The lowest BCUT2D eigenvalue weighted by Gasteiger charge is -2.34. The first kappa shape index (κ1) is 15.7. The molecule has 2 fully saturated rings. The zero-order valence-electron chi connectivity index (χ0n) is 13.9. The third-order valence-electron chi connectivity index (χ3n) is 5.00. The molecule has 2 atom stereocenters. The summed E-state index contributed by atoms with van der Waals surface area (Å²) in [5.41, 5.74) is 1.60. The molecule has 6 heteroatoms. The van der Waals surface area contributed by atoms with Gasteiger partial charge in [0.05, 0.1) is 6.20 Å². The van der Waals surface area contributed by atoms with Gasteiger partial charge in [-0.3, -0.25) is 14.6 Å². The van der Waals surface area contributed by atoms with E-state index in [2.05, 4.69) is 22.1 Å². The van der Waals surface area contributed by atoms with Gasteiger partial charge < -0.3 is 9.80 Å². The van der Waals surface area contributed by atoms with Crippen LogP contribution in [0, 0.1) is 5.92 Å². The van der Waals surface area contributed by atoms with E-state index in [9.17, 15) is 9.59 Å². The summed E-state index contributed by atoms with van der Waals surface area (Å²) in [5.74, 6) is 0.562. The van der Waals surface area contributed by atoms with Gasteiger partial charge in [0.1, 0.15) is 5.69 Å². The molecular weight excluding hydrogens is 316 g/mol. The molecular formula is C19H20N4O2. The number of benzene rings is 1. The van der Waals surface area contributed by atoms with Crippen LogP contribution in [0.2, 0.25) is 0 Å². The third kappa shape index (κ3) is 3.24. The fraction of sp³-hybridized carbons (Fsp3) is 0.368. The maximum atomic E-state index is 12.7. The molecule has 0 N–H and O–H groups in total. The Morgan fingerprint density at radius 1 is 0.960 bits per heavy atom. The third-order valence-corrected chi connectivity index (χ3v) is 5.00. The molecule has 6 nitrogen and oxygen atoms in total. The number of carbonyl (C=O) groups is 2. The highest BCUT2D eigenvalue weighted by atomic mass is 16.2. The molecule has 1 aliphatic carbocycles. The van der Waals surface area contributed by atoms with Crippen molar-refractivity contribution in [2.24, 2.45) is 5.92 Å². The number of nitrogens with zero attached hydrogens (tertiary/aromatic N) is 4. The summed E-state index contributed by atoms with van der Waals surface area (Å²) in [4.78, 5) is 36.7. The Morgan fingerprint density at radius 2 is 1.68 bits per heavy atom. The average molecular weight is 336 g/mol. The summed E-state index contributed by atoms with van der Waals surface area (Å²) in [6, 6.07) is 10.2. The van der Waals surface area contributed by atoms with Crippen molar-refractivity contribution in [1.82, 2.24) is 19.8 Å². The SMILES string of the molecule is O=C(c1cnccn1)N1CCN(C(=O)[C@@H]2C[C@@H]2c2ccccc2)CC1. The van der Waals surface area contributed by atoms with Crippen LogP contribution in [-0.4, -0.2) is 57.8 Å². The molecule has 1 saturated carbocycles. The van der Waals surface area contributed by atoms with E-state index in [-0.39, 0.29) is 17.7 Å². The molecule has 0 bridgehead atoms. The van der Waals surface area contributed by atoms with Crippen LogP contribution in [0.25, 0.3) is 0 Å². The first-order valence-electron chi connectivity index (χ1n) is 8.63. The van der Waals surface area contributed by atoms with Crippen LogP contribution in [0.15, 0.2) is 48.9 Å². The molecule has 1 aromatic carbocycles. The molecule has 1 aliphatic heterocycles. The van der Waals surface area contributed by atoms with Gasteiger partial charge in [-0.2, -0.15) is 0 Å². The summed E-state index contributed by atoms with van der Waals surface area (Å²) >= 11 is 0. The molecule has 0 spiro atoms. The number of aromatic nitrogens is 2. The van der Waals surface area contributed by atoms with Crippen molar-refractivity contribution in [3.8, 4) is 0 Å². The quantitative estimate of drug-likeness (QED) is 0.853. The molecule has 2 aliphatic rings. The Balaban J connectivity index is 1.32. The lowest BCUT2D eigenvalue weighted by Crippen LogP contribution is -2.51.